The number of rotatable bonds is 6. The third-order valence-electron chi connectivity index (χ3n) is 4.61. The Labute approximate surface area is 194 Å². The maximum atomic E-state index is 13.0. The first-order valence-corrected chi connectivity index (χ1v) is 14.5. The SMILES string of the molecule is Cc1ccc(N)cc1S(=O)(=O)Nc1ccc(S(=O)(=O)O)c2cc(S(=O)(=O)O)cc(S(=O)(=O)O)c12. The number of nitrogens with two attached hydrogens (primary N) is 1. The number of sulfonamides is 1. The van der Waals surface area contributed by atoms with Crippen molar-refractivity contribution in [3.63, 3.8) is 0 Å². The third kappa shape index (κ3) is 4.99. The lowest BCUT2D eigenvalue weighted by Crippen LogP contribution is -2.16. The van der Waals surface area contributed by atoms with Crippen molar-refractivity contribution in [1.82, 2.24) is 0 Å². The van der Waals surface area contributed by atoms with Crippen molar-refractivity contribution < 1.29 is 47.3 Å². The Morgan fingerprint density at radius 3 is 1.82 bits per heavy atom. The highest BCUT2D eigenvalue weighted by atomic mass is 32.2. The Hall–Kier alpha value is -2.80. The van der Waals surface area contributed by atoms with Gasteiger partial charge in [0.1, 0.15) is 9.79 Å². The second-order valence-corrected chi connectivity index (χ2v) is 12.9. The van der Waals surface area contributed by atoms with Gasteiger partial charge in [0.2, 0.25) is 0 Å². The predicted octanol–water partition coefficient (Wildman–Crippen LogP) is 1.27. The molecule has 3 rings (SSSR count). The average Bonchev–Trinajstić information content (AvgIpc) is 2.66. The Morgan fingerprint density at radius 1 is 0.706 bits per heavy atom. The summed E-state index contributed by atoms with van der Waals surface area (Å²) >= 11 is 0. The predicted molar refractivity (Wildman–Crippen MR) is 120 cm³/mol. The quantitative estimate of drug-likeness (QED) is 0.215. The largest absolute Gasteiger partial charge is 0.399 e. The maximum absolute atomic E-state index is 13.0. The summed E-state index contributed by atoms with van der Waals surface area (Å²) < 4.78 is 128. The molecule has 0 spiro atoms. The standard InChI is InChI=1S/C17H16N2O11S4/c1-9-2-3-10(18)6-15(9)31(20,21)19-13-4-5-14(33(25,26)27)12-7-11(32(22,23)24)8-16(17(12)13)34(28,29)30/h2-8,19H,18H2,1H3,(H,22,23,24)(H,25,26,27)(H,28,29,30). The molecule has 0 radical (unpaired) electrons. The minimum absolute atomic E-state index is 0.0778. The monoisotopic (exact) mass is 552 g/mol. The zero-order valence-electron chi connectivity index (χ0n) is 16.9. The topological polar surface area (TPSA) is 235 Å². The molecule has 0 saturated heterocycles. The summed E-state index contributed by atoms with van der Waals surface area (Å²) in [5.41, 5.74) is 5.35. The van der Waals surface area contributed by atoms with Gasteiger partial charge >= 0.3 is 0 Å². The fourth-order valence-electron chi connectivity index (χ4n) is 3.16. The zero-order valence-corrected chi connectivity index (χ0v) is 20.1. The van der Waals surface area contributed by atoms with Crippen molar-refractivity contribution in [3.05, 3.63) is 48.0 Å². The molecule has 0 atom stereocenters. The van der Waals surface area contributed by atoms with Gasteiger partial charge in [0, 0.05) is 16.5 Å². The second-order valence-electron chi connectivity index (χ2n) is 7.01. The molecule has 0 aliphatic carbocycles. The third-order valence-corrected chi connectivity index (χ3v) is 8.74. The van der Waals surface area contributed by atoms with E-state index < -0.39 is 71.5 Å². The van der Waals surface area contributed by atoms with Gasteiger partial charge in [-0.1, -0.05) is 6.07 Å². The molecule has 0 bridgehead atoms. The van der Waals surface area contributed by atoms with E-state index in [2.05, 4.69) is 0 Å². The van der Waals surface area contributed by atoms with Gasteiger partial charge in [0.25, 0.3) is 40.4 Å². The summed E-state index contributed by atoms with van der Waals surface area (Å²) in [7, 11) is -20.1. The van der Waals surface area contributed by atoms with Gasteiger partial charge in [-0.2, -0.15) is 25.3 Å². The highest BCUT2D eigenvalue weighted by Gasteiger charge is 2.28. The number of hydrogen-bond acceptors (Lipinski definition) is 9. The van der Waals surface area contributed by atoms with Gasteiger partial charge in [-0.15, -0.1) is 0 Å². The molecule has 3 aromatic carbocycles. The fraction of sp³-hybridized carbons (Fsp3) is 0.0588. The Balaban J connectivity index is 2.49. The molecule has 0 saturated carbocycles. The normalized spacial score (nSPS) is 13.2. The lowest BCUT2D eigenvalue weighted by molar-refractivity contribution is 0.478. The number of hydrogen-bond donors (Lipinski definition) is 5. The molecule has 0 amide bonds. The van der Waals surface area contributed by atoms with Crippen LogP contribution in [0.2, 0.25) is 0 Å². The summed E-state index contributed by atoms with van der Waals surface area (Å²) in [5, 5.41) is -1.62. The van der Waals surface area contributed by atoms with Crippen LogP contribution in [0.4, 0.5) is 11.4 Å². The van der Waals surface area contributed by atoms with Gasteiger partial charge in [-0.05, 0) is 48.9 Å². The van der Waals surface area contributed by atoms with Crippen LogP contribution in [0.25, 0.3) is 10.8 Å². The van der Waals surface area contributed by atoms with E-state index in [1.807, 2.05) is 4.72 Å². The molecule has 0 unspecified atom stereocenters. The van der Waals surface area contributed by atoms with E-state index in [9.17, 15) is 47.3 Å². The van der Waals surface area contributed by atoms with Crippen LogP contribution >= 0.6 is 0 Å². The van der Waals surface area contributed by atoms with Gasteiger partial charge in [0.15, 0.2) is 0 Å². The van der Waals surface area contributed by atoms with E-state index in [1.54, 1.807) is 0 Å². The van der Waals surface area contributed by atoms with Crippen LogP contribution in [0.3, 0.4) is 0 Å². The van der Waals surface area contributed by atoms with Crippen molar-refractivity contribution in [2.75, 3.05) is 10.5 Å². The first-order valence-electron chi connectivity index (χ1n) is 8.74. The first kappa shape index (κ1) is 25.8. The molecule has 0 fully saturated rings. The number of nitrogens with one attached hydrogen (secondary N) is 1. The van der Waals surface area contributed by atoms with Crippen molar-refractivity contribution in [2.45, 2.75) is 26.5 Å². The van der Waals surface area contributed by atoms with E-state index in [0.717, 1.165) is 12.1 Å². The molecule has 3 aromatic rings. The lowest BCUT2D eigenvalue weighted by Gasteiger charge is -2.16. The van der Waals surface area contributed by atoms with Crippen molar-refractivity contribution in [3.8, 4) is 0 Å². The molecule has 17 heteroatoms. The molecule has 0 aliphatic heterocycles. The highest BCUT2D eigenvalue weighted by Crippen LogP contribution is 2.38. The number of nitrogen functional groups attached to an aromatic ring is 1. The summed E-state index contributed by atoms with van der Waals surface area (Å²) in [6.07, 6.45) is 0. The molecule has 0 aromatic heterocycles. The van der Waals surface area contributed by atoms with Crippen LogP contribution in [0.5, 0.6) is 0 Å². The van der Waals surface area contributed by atoms with Gasteiger partial charge in [-0.25, -0.2) is 8.42 Å². The van der Waals surface area contributed by atoms with E-state index in [1.165, 1.54) is 19.1 Å². The van der Waals surface area contributed by atoms with Crippen molar-refractivity contribution in [1.29, 1.82) is 0 Å². The summed E-state index contributed by atoms with van der Waals surface area (Å²) in [4.78, 5) is -3.75. The number of fused-ring (bicyclic) bond motifs is 1. The van der Waals surface area contributed by atoms with Crippen LogP contribution in [-0.2, 0) is 40.4 Å². The van der Waals surface area contributed by atoms with Crippen LogP contribution < -0.4 is 10.5 Å². The molecule has 184 valence electrons. The summed E-state index contributed by atoms with van der Waals surface area (Å²) in [5.74, 6) is 0. The lowest BCUT2D eigenvalue weighted by atomic mass is 10.1. The minimum Gasteiger partial charge on any atom is -0.399 e. The molecule has 0 heterocycles. The average molecular weight is 553 g/mol. The van der Waals surface area contributed by atoms with Crippen LogP contribution in [-0.4, -0.2) is 47.3 Å². The number of benzene rings is 3. The molecule has 34 heavy (non-hydrogen) atoms. The van der Waals surface area contributed by atoms with Crippen LogP contribution in [0.1, 0.15) is 5.56 Å². The minimum atomic E-state index is -5.34. The second kappa shape index (κ2) is 8.15. The van der Waals surface area contributed by atoms with E-state index in [0.29, 0.717) is 18.2 Å². The molecular weight excluding hydrogens is 536 g/mol. The van der Waals surface area contributed by atoms with E-state index >= 15 is 0 Å². The van der Waals surface area contributed by atoms with Crippen LogP contribution in [0.15, 0.2) is 62.0 Å². The van der Waals surface area contributed by atoms with Crippen molar-refractivity contribution in [2.24, 2.45) is 0 Å². The molecule has 13 nitrogen and oxygen atoms in total. The fourth-order valence-corrected chi connectivity index (χ4v) is 6.56. The van der Waals surface area contributed by atoms with Gasteiger partial charge in [-0.3, -0.25) is 18.4 Å². The Kier molecular flexibility index (Phi) is 6.19. The van der Waals surface area contributed by atoms with E-state index in [-0.39, 0.29) is 16.1 Å². The summed E-state index contributed by atoms with van der Waals surface area (Å²) in [6, 6.07) is 6.17. The zero-order chi connectivity index (χ0) is 25.9. The van der Waals surface area contributed by atoms with Gasteiger partial charge in [0.05, 0.1) is 15.5 Å². The first-order chi connectivity index (χ1) is 15.3. The number of aryl methyl sites for hydroxylation is 1. The smallest absolute Gasteiger partial charge is 0.295 e. The molecule has 0 aliphatic rings. The molecule has 6 N–H and O–H groups in total. The summed E-state index contributed by atoms with van der Waals surface area (Å²) in [6.45, 7) is 1.44. The van der Waals surface area contributed by atoms with Gasteiger partial charge < -0.3 is 5.73 Å². The van der Waals surface area contributed by atoms with E-state index in [4.69, 9.17) is 5.73 Å². The van der Waals surface area contributed by atoms with Crippen molar-refractivity contribution >= 4 is 62.5 Å². The maximum Gasteiger partial charge on any atom is 0.295 e. The Morgan fingerprint density at radius 2 is 1.29 bits per heavy atom. The number of anilines is 2. The molecular formula is C17H16N2O11S4. The Bertz CT molecular complexity index is 1780. The van der Waals surface area contributed by atoms with Crippen LogP contribution in [0, 0.1) is 6.92 Å². The highest BCUT2D eigenvalue weighted by molar-refractivity contribution is 7.92.